The van der Waals surface area contributed by atoms with Crippen molar-refractivity contribution in [1.82, 2.24) is 14.8 Å². The summed E-state index contributed by atoms with van der Waals surface area (Å²) in [5, 5.41) is 0.583. The molecular formula is C13H14ClN3O2. The van der Waals surface area contributed by atoms with Crippen LogP contribution in [0.1, 0.15) is 10.7 Å². The first kappa shape index (κ1) is 12.4. The van der Waals surface area contributed by atoms with Gasteiger partial charge in [0, 0.05) is 31.2 Å². The van der Waals surface area contributed by atoms with E-state index in [0.29, 0.717) is 29.2 Å². The summed E-state index contributed by atoms with van der Waals surface area (Å²) < 4.78 is 5.49. The third-order valence-corrected chi connectivity index (χ3v) is 3.56. The minimum atomic E-state index is -0.152. The highest BCUT2D eigenvalue weighted by Crippen LogP contribution is 2.20. The molecule has 1 aromatic heterocycles. The largest absolute Gasteiger partial charge is 0.432 e. The van der Waals surface area contributed by atoms with Crippen molar-refractivity contribution in [2.24, 2.45) is 0 Å². The zero-order valence-corrected chi connectivity index (χ0v) is 11.4. The molecule has 1 saturated heterocycles. The smallest absolute Gasteiger partial charge is 0.309 e. The highest BCUT2D eigenvalue weighted by atomic mass is 35.5. The van der Waals surface area contributed by atoms with Gasteiger partial charge in [-0.15, -0.1) is 0 Å². The maximum Gasteiger partial charge on any atom is 0.309 e. The summed E-state index contributed by atoms with van der Waals surface area (Å²) in [4.78, 5) is 20.5. The predicted molar refractivity (Wildman–Crippen MR) is 72.4 cm³/mol. The van der Waals surface area contributed by atoms with Crippen LogP contribution in [0, 0.1) is 0 Å². The lowest BCUT2D eigenvalue weighted by Gasteiger charge is -2.31. The summed E-state index contributed by atoms with van der Waals surface area (Å²) in [6.45, 7) is 3.15. The third kappa shape index (κ3) is 2.43. The molecule has 0 atom stereocenters. The number of likely N-dealkylation sites (N-methyl/N-ethyl adjacent to an activating group) is 1. The Morgan fingerprint density at radius 1 is 1.32 bits per heavy atom. The van der Waals surface area contributed by atoms with Crippen molar-refractivity contribution in [2.45, 2.75) is 0 Å². The zero-order chi connectivity index (χ0) is 13.4. The normalized spacial score (nSPS) is 17.1. The maximum atomic E-state index is 12.3. The van der Waals surface area contributed by atoms with Gasteiger partial charge in [-0.3, -0.25) is 4.79 Å². The quantitative estimate of drug-likeness (QED) is 0.800. The van der Waals surface area contributed by atoms with Gasteiger partial charge in [0.15, 0.2) is 5.58 Å². The Balaban J connectivity index is 1.85. The van der Waals surface area contributed by atoms with Crippen LogP contribution in [0.4, 0.5) is 0 Å². The van der Waals surface area contributed by atoms with E-state index in [2.05, 4.69) is 9.88 Å². The molecule has 5 nitrogen and oxygen atoms in total. The number of nitrogens with zero attached hydrogens (tertiary/aromatic N) is 3. The van der Waals surface area contributed by atoms with E-state index in [1.54, 1.807) is 23.1 Å². The summed E-state index contributed by atoms with van der Waals surface area (Å²) in [5.74, 6) is -0.0118. The van der Waals surface area contributed by atoms with Crippen molar-refractivity contribution in [1.29, 1.82) is 0 Å². The first-order chi connectivity index (χ1) is 9.13. The average molecular weight is 280 g/mol. The Hall–Kier alpha value is -1.59. The molecule has 0 aliphatic carbocycles. The third-order valence-electron chi connectivity index (χ3n) is 3.32. The zero-order valence-electron chi connectivity index (χ0n) is 10.6. The molecule has 2 aromatic rings. The summed E-state index contributed by atoms with van der Waals surface area (Å²) in [7, 11) is 2.04. The number of aromatic nitrogens is 1. The molecule has 3 rings (SSSR count). The van der Waals surface area contributed by atoms with Gasteiger partial charge in [-0.05, 0) is 25.2 Å². The van der Waals surface area contributed by atoms with Gasteiger partial charge in [0.05, 0.1) is 0 Å². The fraction of sp³-hybridized carbons (Fsp3) is 0.385. The molecule has 0 saturated carbocycles. The van der Waals surface area contributed by atoms with Gasteiger partial charge in [-0.2, -0.15) is 0 Å². The molecule has 1 amide bonds. The predicted octanol–water partition coefficient (Wildman–Crippen LogP) is 1.87. The number of carbonyl (C=O) groups is 1. The lowest BCUT2D eigenvalue weighted by atomic mass is 10.3. The second kappa shape index (κ2) is 4.83. The number of piperazine rings is 1. The molecule has 0 bridgehead atoms. The second-order valence-electron chi connectivity index (χ2n) is 4.73. The van der Waals surface area contributed by atoms with Crippen molar-refractivity contribution < 1.29 is 9.21 Å². The van der Waals surface area contributed by atoms with Gasteiger partial charge in [0.25, 0.3) is 5.89 Å². The second-order valence-corrected chi connectivity index (χ2v) is 5.16. The SMILES string of the molecule is CN1CCN(C(=O)c2nc3cc(Cl)ccc3o2)CC1. The lowest BCUT2D eigenvalue weighted by Crippen LogP contribution is -2.47. The molecule has 100 valence electrons. The Morgan fingerprint density at radius 3 is 2.79 bits per heavy atom. The monoisotopic (exact) mass is 279 g/mol. The fourth-order valence-electron chi connectivity index (χ4n) is 2.14. The van der Waals surface area contributed by atoms with Gasteiger partial charge in [-0.1, -0.05) is 11.6 Å². The Labute approximate surface area is 115 Å². The van der Waals surface area contributed by atoms with E-state index in [1.807, 2.05) is 7.05 Å². The average Bonchev–Trinajstić information content (AvgIpc) is 2.81. The number of carbonyl (C=O) groups excluding carboxylic acids is 1. The number of hydrogen-bond donors (Lipinski definition) is 0. The van der Waals surface area contributed by atoms with Crippen LogP contribution in [0.3, 0.4) is 0 Å². The van der Waals surface area contributed by atoms with Crippen LogP contribution < -0.4 is 0 Å². The molecule has 19 heavy (non-hydrogen) atoms. The number of oxazole rings is 1. The first-order valence-corrected chi connectivity index (χ1v) is 6.55. The van der Waals surface area contributed by atoms with Crippen molar-refractivity contribution in [3.8, 4) is 0 Å². The van der Waals surface area contributed by atoms with Gasteiger partial charge >= 0.3 is 5.91 Å². The molecule has 0 N–H and O–H groups in total. The van der Waals surface area contributed by atoms with E-state index in [0.717, 1.165) is 13.1 Å². The van der Waals surface area contributed by atoms with Gasteiger partial charge in [-0.25, -0.2) is 4.98 Å². The van der Waals surface area contributed by atoms with E-state index in [1.165, 1.54) is 0 Å². The van der Waals surface area contributed by atoms with Gasteiger partial charge in [0.2, 0.25) is 0 Å². The Bertz CT molecular complexity index is 617. The number of amides is 1. The molecule has 1 aliphatic rings. The molecule has 1 aromatic carbocycles. The van der Waals surface area contributed by atoms with Crippen LogP contribution in [0.25, 0.3) is 11.1 Å². The summed E-state index contributed by atoms with van der Waals surface area (Å²) >= 11 is 5.89. The van der Waals surface area contributed by atoms with E-state index < -0.39 is 0 Å². The molecule has 1 fully saturated rings. The van der Waals surface area contributed by atoms with Crippen molar-refractivity contribution in [3.63, 3.8) is 0 Å². The van der Waals surface area contributed by atoms with Crippen LogP contribution in [0.15, 0.2) is 22.6 Å². The summed E-state index contributed by atoms with van der Waals surface area (Å²) in [6, 6.07) is 5.14. The number of benzene rings is 1. The van der Waals surface area contributed by atoms with Crippen molar-refractivity contribution in [3.05, 3.63) is 29.1 Å². The number of rotatable bonds is 1. The van der Waals surface area contributed by atoms with Gasteiger partial charge in [0.1, 0.15) is 5.52 Å². The van der Waals surface area contributed by atoms with E-state index in [4.69, 9.17) is 16.0 Å². The lowest BCUT2D eigenvalue weighted by molar-refractivity contribution is 0.0627. The summed E-state index contributed by atoms with van der Waals surface area (Å²) in [5.41, 5.74) is 1.20. The first-order valence-electron chi connectivity index (χ1n) is 6.17. The maximum absolute atomic E-state index is 12.3. The van der Waals surface area contributed by atoms with Crippen LogP contribution in [-0.4, -0.2) is 53.9 Å². The Morgan fingerprint density at radius 2 is 2.05 bits per heavy atom. The molecule has 1 aliphatic heterocycles. The minimum Gasteiger partial charge on any atom is -0.432 e. The summed E-state index contributed by atoms with van der Waals surface area (Å²) in [6.07, 6.45) is 0. The molecule has 0 radical (unpaired) electrons. The van der Waals surface area contributed by atoms with Crippen molar-refractivity contribution in [2.75, 3.05) is 33.2 Å². The van der Waals surface area contributed by atoms with Crippen molar-refractivity contribution >= 4 is 28.6 Å². The molecule has 0 unspecified atom stereocenters. The highest BCUT2D eigenvalue weighted by molar-refractivity contribution is 6.31. The standard InChI is InChI=1S/C13H14ClN3O2/c1-16-4-6-17(7-5-16)13(18)12-15-10-8-9(14)2-3-11(10)19-12/h2-3,8H,4-7H2,1H3. The van der Waals surface area contributed by atoms with E-state index in [9.17, 15) is 4.79 Å². The molecular weight excluding hydrogens is 266 g/mol. The number of fused-ring (bicyclic) bond motifs is 1. The number of halogens is 1. The van der Waals surface area contributed by atoms with Crippen LogP contribution >= 0.6 is 11.6 Å². The molecule has 2 heterocycles. The molecule has 0 spiro atoms. The van der Waals surface area contributed by atoms with Crippen LogP contribution in [0.5, 0.6) is 0 Å². The van der Waals surface area contributed by atoms with E-state index in [-0.39, 0.29) is 11.8 Å². The van der Waals surface area contributed by atoms with E-state index >= 15 is 0 Å². The Kier molecular flexibility index (Phi) is 3.16. The topological polar surface area (TPSA) is 49.6 Å². The molecule has 6 heteroatoms. The van der Waals surface area contributed by atoms with Crippen LogP contribution in [-0.2, 0) is 0 Å². The van der Waals surface area contributed by atoms with Gasteiger partial charge < -0.3 is 14.2 Å². The highest BCUT2D eigenvalue weighted by Gasteiger charge is 2.24. The number of hydrogen-bond acceptors (Lipinski definition) is 4. The fourth-order valence-corrected chi connectivity index (χ4v) is 2.30. The minimum absolute atomic E-state index is 0.141. The van der Waals surface area contributed by atoms with Crippen LogP contribution in [0.2, 0.25) is 5.02 Å².